The Hall–Kier alpha value is -1.77. The molecule has 0 spiro atoms. The van der Waals surface area contributed by atoms with Crippen LogP contribution in [0.4, 0.5) is 5.82 Å². The molecule has 0 bridgehead atoms. The van der Waals surface area contributed by atoms with Gasteiger partial charge in [0.2, 0.25) is 0 Å². The summed E-state index contributed by atoms with van der Waals surface area (Å²) in [7, 11) is 0. The predicted octanol–water partition coefficient (Wildman–Crippen LogP) is 2.37. The maximum atomic E-state index is 9.37. The largest absolute Gasteiger partial charge is 0.508 e. The number of phenols is 1. The number of pyridine rings is 1. The molecule has 0 radical (unpaired) electrons. The molecule has 14 heavy (non-hydrogen) atoms. The summed E-state index contributed by atoms with van der Waals surface area (Å²) >= 11 is 0. The number of anilines is 1. The van der Waals surface area contributed by atoms with E-state index in [2.05, 4.69) is 10.3 Å². The lowest BCUT2D eigenvalue weighted by atomic mass is 10.1. The predicted molar refractivity (Wildman–Crippen MR) is 57.6 cm³/mol. The second-order valence-corrected chi connectivity index (χ2v) is 3.10. The lowest BCUT2D eigenvalue weighted by molar-refractivity contribution is 0.476. The second kappa shape index (κ2) is 3.54. The van der Waals surface area contributed by atoms with Gasteiger partial charge >= 0.3 is 0 Å². The van der Waals surface area contributed by atoms with Crippen molar-refractivity contribution < 1.29 is 5.11 Å². The normalized spacial score (nSPS) is 10.4. The van der Waals surface area contributed by atoms with Crippen LogP contribution in [0.5, 0.6) is 5.75 Å². The zero-order valence-corrected chi connectivity index (χ0v) is 7.99. The Morgan fingerprint density at radius 3 is 3.00 bits per heavy atom. The molecule has 1 aromatic heterocycles. The van der Waals surface area contributed by atoms with Gasteiger partial charge in [0.1, 0.15) is 11.6 Å². The highest BCUT2D eigenvalue weighted by Gasteiger charge is 2.01. The fraction of sp³-hybridized carbons (Fsp3) is 0.182. The van der Waals surface area contributed by atoms with Gasteiger partial charge in [0, 0.05) is 18.1 Å². The van der Waals surface area contributed by atoms with Gasteiger partial charge in [-0.3, -0.25) is 0 Å². The number of benzene rings is 1. The molecule has 1 aromatic carbocycles. The Kier molecular flexibility index (Phi) is 2.23. The van der Waals surface area contributed by atoms with Crippen molar-refractivity contribution in [1.29, 1.82) is 0 Å². The van der Waals surface area contributed by atoms with Gasteiger partial charge in [0.15, 0.2) is 0 Å². The van der Waals surface area contributed by atoms with Crippen LogP contribution >= 0.6 is 0 Å². The summed E-state index contributed by atoms with van der Waals surface area (Å²) in [6.07, 6.45) is 1.76. The molecule has 2 N–H and O–H groups in total. The first kappa shape index (κ1) is 8.81. The van der Waals surface area contributed by atoms with Crippen LogP contribution in [-0.4, -0.2) is 16.6 Å². The minimum atomic E-state index is 0.268. The molecule has 1 heterocycles. The Balaban J connectivity index is 2.64. The molecule has 0 aliphatic rings. The van der Waals surface area contributed by atoms with Crippen LogP contribution in [0.15, 0.2) is 30.5 Å². The van der Waals surface area contributed by atoms with Crippen molar-refractivity contribution in [2.75, 3.05) is 11.9 Å². The van der Waals surface area contributed by atoms with Gasteiger partial charge < -0.3 is 10.4 Å². The Morgan fingerprint density at radius 1 is 1.36 bits per heavy atom. The fourth-order valence-electron chi connectivity index (χ4n) is 1.46. The summed E-state index contributed by atoms with van der Waals surface area (Å²) in [4.78, 5) is 4.22. The van der Waals surface area contributed by atoms with Crippen LogP contribution in [-0.2, 0) is 0 Å². The van der Waals surface area contributed by atoms with Gasteiger partial charge in [-0.25, -0.2) is 4.98 Å². The van der Waals surface area contributed by atoms with E-state index in [0.29, 0.717) is 0 Å². The summed E-state index contributed by atoms with van der Waals surface area (Å²) in [5.74, 6) is 1.09. The molecule has 0 amide bonds. The van der Waals surface area contributed by atoms with Crippen LogP contribution in [0.1, 0.15) is 6.92 Å². The molecule has 2 rings (SSSR count). The zero-order chi connectivity index (χ0) is 9.97. The van der Waals surface area contributed by atoms with Crippen molar-refractivity contribution in [2.24, 2.45) is 0 Å². The fourth-order valence-corrected chi connectivity index (χ4v) is 1.46. The second-order valence-electron chi connectivity index (χ2n) is 3.10. The molecule has 2 aromatic rings. The third-order valence-corrected chi connectivity index (χ3v) is 2.09. The molecule has 0 fully saturated rings. The number of hydrogen-bond acceptors (Lipinski definition) is 3. The SMILES string of the molecule is CCNc1nccc2ccc(O)cc12. The summed E-state index contributed by atoms with van der Waals surface area (Å²) in [5.41, 5.74) is 0. The van der Waals surface area contributed by atoms with Crippen LogP contribution in [0.3, 0.4) is 0 Å². The average Bonchev–Trinajstić information content (AvgIpc) is 2.19. The Labute approximate surface area is 82.4 Å². The molecule has 0 atom stereocenters. The highest BCUT2D eigenvalue weighted by atomic mass is 16.3. The summed E-state index contributed by atoms with van der Waals surface area (Å²) in [5, 5.41) is 14.6. The highest BCUT2D eigenvalue weighted by molar-refractivity contribution is 5.92. The van der Waals surface area contributed by atoms with E-state index in [9.17, 15) is 5.11 Å². The van der Waals surface area contributed by atoms with Gasteiger partial charge in [-0.05, 0) is 30.5 Å². The van der Waals surface area contributed by atoms with Crippen molar-refractivity contribution in [3.63, 3.8) is 0 Å². The van der Waals surface area contributed by atoms with Crippen LogP contribution < -0.4 is 5.32 Å². The number of hydrogen-bond donors (Lipinski definition) is 2. The lowest BCUT2D eigenvalue weighted by Crippen LogP contribution is -1.99. The molecule has 0 aliphatic carbocycles. The molecule has 3 heteroatoms. The molecule has 0 aliphatic heterocycles. The van der Waals surface area contributed by atoms with E-state index in [4.69, 9.17) is 0 Å². The maximum Gasteiger partial charge on any atom is 0.133 e. The van der Waals surface area contributed by atoms with Crippen molar-refractivity contribution in [3.05, 3.63) is 30.5 Å². The summed E-state index contributed by atoms with van der Waals surface area (Å²) in [6.45, 7) is 2.84. The van der Waals surface area contributed by atoms with E-state index < -0.39 is 0 Å². The Morgan fingerprint density at radius 2 is 2.21 bits per heavy atom. The van der Waals surface area contributed by atoms with E-state index in [0.717, 1.165) is 23.1 Å². The highest BCUT2D eigenvalue weighted by Crippen LogP contribution is 2.24. The van der Waals surface area contributed by atoms with Crippen LogP contribution in [0, 0.1) is 0 Å². The zero-order valence-electron chi connectivity index (χ0n) is 7.99. The van der Waals surface area contributed by atoms with Crippen molar-refractivity contribution >= 4 is 16.6 Å². The Bertz CT molecular complexity index is 454. The lowest BCUT2D eigenvalue weighted by Gasteiger charge is -2.06. The van der Waals surface area contributed by atoms with Crippen LogP contribution in [0.2, 0.25) is 0 Å². The third-order valence-electron chi connectivity index (χ3n) is 2.09. The van der Waals surface area contributed by atoms with Gasteiger partial charge in [-0.2, -0.15) is 0 Å². The topological polar surface area (TPSA) is 45.2 Å². The molecule has 0 saturated heterocycles. The summed E-state index contributed by atoms with van der Waals surface area (Å²) in [6, 6.07) is 7.21. The standard InChI is InChI=1S/C11H12N2O/c1-2-12-11-10-7-9(14)4-3-8(10)5-6-13-11/h3-7,14H,2H2,1H3,(H,12,13). The van der Waals surface area contributed by atoms with Crippen molar-refractivity contribution in [2.45, 2.75) is 6.92 Å². The van der Waals surface area contributed by atoms with Gasteiger partial charge in [-0.15, -0.1) is 0 Å². The molecular formula is C11H12N2O. The number of rotatable bonds is 2. The average molecular weight is 188 g/mol. The van der Waals surface area contributed by atoms with E-state index in [1.54, 1.807) is 18.3 Å². The number of aromatic nitrogens is 1. The molecule has 72 valence electrons. The maximum absolute atomic E-state index is 9.37. The van der Waals surface area contributed by atoms with Gasteiger partial charge in [-0.1, -0.05) is 6.07 Å². The van der Waals surface area contributed by atoms with Crippen molar-refractivity contribution in [3.8, 4) is 5.75 Å². The quantitative estimate of drug-likeness (QED) is 0.760. The first-order valence-electron chi connectivity index (χ1n) is 4.63. The van der Waals surface area contributed by atoms with E-state index in [1.165, 1.54) is 0 Å². The van der Waals surface area contributed by atoms with E-state index >= 15 is 0 Å². The third kappa shape index (κ3) is 1.48. The number of fused-ring (bicyclic) bond motifs is 1. The number of phenolic OH excluding ortho intramolecular Hbond substituents is 1. The van der Waals surface area contributed by atoms with E-state index in [-0.39, 0.29) is 5.75 Å². The molecular weight excluding hydrogens is 176 g/mol. The van der Waals surface area contributed by atoms with Gasteiger partial charge in [0.05, 0.1) is 0 Å². The molecule has 0 unspecified atom stereocenters. The summed E-state index contributed by atoms with van der Waals surface area (Å²) < 4.78 is 0. The monoisotopic (exact) mass is 188 g/mol. The van der Waals surface area contributed by atoms with Crippen LogP contribution in [0.25, 0.3) is 10.8 Å². The van der Waals surface area contributed by atoms with E-state index in [1.807, 2.05) is 19.1 Å². The smallest absolute Gasteiger partial charge is 0.133 e. The first-order chi connectivity index (χ1) is 6.81. The number of nitrogens with zero attached hydrogens (tertiary/aromatic N) is 1. The molecule has 0 saturated carbocycles. The number of aromatic hydroxyl groups is 1. The minimum Gasteiger partial charge on any atom is -0.508 e. The first-order valence-corrected chi connectivity index (χ1v) is 4.63. The van der Waals surface area contributed by atoms with Crippen molar-refractivity contribution in [1.82, 2.24) is 4.98 Å². The minimum absolute atomic E-state index is 0.268. The number of nitrogens with one attached hydrogen (secondary N) is 1. The van der Waals surface area contributed by atoms with Gasteiger partial charge in [0.25, 0.3) is 0 Å². The molecule has 3 nitrogen and oxygen atoms in total.